The maximum atomic E-state index is 11.2. The van der Waals surface area contributed by atoms with Crippen molar-refractivity contribution in [2.75, 3.05) is 12.4 Å². The zero-order chi connectivity index (χ0) is 12.2. The van der Waals surface area contributed by atoms with Crippen molar-refractivity contribution >= 4 is 18.6 Å². The fourth-order valence-electron chi connectivity index (χ4n) is 1.36. The highest BCUT2D eigenvalue weighted by molar-refractivity contribution is 7.80. The highest BCUT2D eigenvalue weighted by atomic mass is 32.1. The molecule has 3 nitrogen and oxygen atoms in total. The van der Waals surface area contributed by atoms with Crippen LogP contribution in [0, 0.1) is 0 Å². The molecule has 1 N–H and O–H groups in total. The van der Waals surface area contributed by atoms with Crippen molar-refractivity contribution in [3.8, 4) is 0 Å². The lowest BCUT2D eigenvalue weighted by atomic mass is 10.1. The van der Waals surface area contributed by atoms with Gasteiger partial charge in [-0.05, 0) is 6.42 Å². The molecular weight excluding hydrogens is 224 g/mol. The van der Waals surface area contributed by atoms with Gasteiger partial charge in [0.1, 0.15) is 6.61 Å². The number of thiol groups is 1. The molecule has 0 bridgehead atoms. The third kappa shape index (κ3) is 10.3. The Bertz CT molecular complexity index is 174. The van der Waals surface area contributed by atoms with Crippen LogP contribution in [-0.2, 0) is 9.53 Å². The number of esters is 1. The predicted molar refractivity (Wildman–Crippen MR) is 68.8 cm³/mol. The van der Waals surface area contributed by atoms with Gasteiger partial charge in [-0.2, -0.15) is 12.6 Å². The van der Waals surface area contributed by atoms with E-state index in [4.69, 9.17) is 9.84 Å². The van der Waals surface area contributed by atoms with E-state index in [0.29, 0.717) is 12.2 Å². The van der Waals surface area contributed by atoms with E-state index in [1.165, 1.54) is 25.7 Å². The molecular formula is C12H24O3S. The molecule has 0 aromatic rings. The number of aliphatic hydroxyl groups is 1. The maximum absolute atomic E-state index is 11.2. The molecule has 4 heteroatoms. The van der Waals surface area contributed by atoms with Crippen LogP contribution in [0.2, 0.25) is 0 Å². The average molecular weight is 248 g/mol. The summed E-state index contributed by atoms with van der Waals surface area (Å²) >= 11 is 3.89. The van der Waals surface area contributed by atoms with Crippen LogP contribution in [0.3, 0.4) is 0 Å². The molecule has 0 radical (unpaired) electrons. The van der Waals surface area contributed by atoms with Crippen LogP contribution in [0.4, 0.5) is 0 Å². The van der Waals surface area contributed by atoms with E-state index in [1.54, 1.807) is 0 Å². The third-order valence-electron chi connectivity index (χ3n) is 2.38. The summed E-state index contributed by atoms with van der Waals surface area (Å²) in [7, 11) is 0. The zero-order valence-corrected chi connectivity index (χ0v) is 11.0. The summed E-state index contributed by atoms with van der Waals surface area (Å²) in [6.45, 7) is 2.25. The topological polar surface area (TPSA) is 46.5 Å². The number of carbonyl (C=O) groups excluding carboxylic acids is 1. The average Bonchev–Trinajstić information content (AvgIpc) is 2.30. The summed E-state index contributed by atoms with van der Waals surface area (Å²) in [5.74, 6) is 0.112. The molecule has 1 atom stereocenters. The molecule has 0 fully saturated rings. The minimum absolute atomic E-state index is 0.0676. The lowest BCUT2D eigenvalue weighted by molar-refractivity contribution is -0.146. The minimum Gasteiger partial charge on any atom is -0.463 e. The molecule has 16 heavy (non-hydrogen) atoms. The van der Waals surface area contributed by atoms with E-state index >= 15 is 0 Å². The maximum Gasteiger partial charge on any atom is 0.305 e. The molecule has 0 spiro atoms. The van der Waals surface area contributed by atoms with E-state index in [9.17, 15) is 4.79 Å². The van der Waals surface area contributed by atoms with Gasteiger partial charge in [0.25, 0.3) is 0 Å². The number of hydrogen-bond donors (Lipinski definition) is 2. The van der Waals surface area contributed by atoms with Crippen LogP contribution >= 0.6 is 12.6 Å². The largest absolute Gasteiger partial charge is 0.463 e. The van der Waals surface area contributed by atoms with Crippen molar-refractivity contribution in [1.29, 1.82) is 0 Å². The highest BCUT2D eigenvalue weighted by Crippen LogP contribution is 2.07. The lowest BCUT2D eigenvalue weighted by Crippen LogP contribution is -2.19. The fraction of sp³-hybridized carbons (Fsp3) is 0.917. The Hall–Kier alpha value is -0.220. The molecule has 0 aromatic carbocycles. The van der Waals surface area contributed by atoms with Crippen molar-refractivity contribution in [3.05, 3.63) is 0 Å². The van der Waals surface area contributed by atoms with Crippen LogP contribution in [0.25, 0.3) is 0 Å². The van der Waals surface area contributed by atoms with E-state index in [0.717, 1.165) is 12.8 Å². The summed E-state index contributed by atoms with van der Waals surface area (Å²) < 4.78 is 4.88. The van der Waals surface area contributed by atoms with Crippen LogP contribution in [0.1, 0.15) is 51.9 Å². The number of unbranched alkanes of at least 4 members (excludes halogenated alkanes) is 5. The smallest absolute Gasteiger partial charge is 0.305 e. The second-order valence-electron chi connectivity index (χ2n) is 4.04. The molecule has 96 valence electrons. The monoisotopic (exact) mass is 248 g/mol. The Kier molecular flexibility index (Phi) is 11.1. The van der Waals surface area contributed by atoms with Gasteiger partial charge in [0, 0.05) is 12.2 Å². The van der Waals surface area contributed by atoms with E-state index < -0.39 is 6.10 Å². The van der Waals surface area contributed by atoms with Crippen LogP contribution in [0.15, 0.2) is 0 Å². The van der Waals surface area contributed by atoms with Gasteiger partial charge in [-0.15, -0.1) is 0 Å². The van der Waals surface area contributed by atoms with Crippen LogP contribution in [-0.4, -0.2) is 29.5 Å². The predicted octanol–water partition coefficient (Wildman–Crippen LogP) is 2.57. The lowest BCUT2D eigenvalue weighted by Gasteiger charge is -2.08. The summed E-state index contributed by atoms with van der Waals surface area (Å²) in [6, 6.07) is 0. The summed E-state index contributed by atoms with van der Waals surface area (Å²) in [5.41, 5.74) is 0. The first kappa shape index (κ1) is 15.8. The molecule has 1 unspecified atom stereocenters. The Labute approximate surface area is 104 Å². The second-order valence-corrected chi connectivity index (χ2v) is 4.40. The van der Waals surface area contributed by atoms with Gasteiger partial charge in [0.15, 0.2) is 0 Å². The number of aliphatic hydroxyl groups excluding tert-OH is 1. The van der Waals surface area contributed by atoms with Crippen molar-refractivity contribution in [2.45, 2.75) is 58.0 Å². The zero-order valence-electron chi connectivity index (χ0n) is 10.2. The SMILES string of the molecule is CCCCCCCCC(=O)OCC(O)CS. The molecule has 0 aromatic heterocycles. The standard InChI is InChI=1S/C12H24O3S/c1-2-3-4-5-6-7-8-12(14)15-9-11(13)10-16/h11,13,16H,2-10H2,1H3. The summed E-state index contributed by atoms with van der Waals surface area (Å²) in [5, 5.41) is 9.12. The minimum atomic E-state index is -0.642. The number of carbonyl (C=O) groups is 1. The molecule has 0 heterocycles. The van der Waals surface area contributed by atoms with E-state index in [2.05, 4.69) is 19.6 Å². The van der Waals surface area contributed by atoms with Crippen molar-refractivity contribution in [3.63, 3.8) is 0 Å². The van der Waals surface area contributed by atoms with E-state index in [1.807, 2.05) is 0 Å². The quantitative estimate of drug-likeness (QED) is 0.355. The highest BCUT2D eigenvalue weighted by Gasteiger charge is 2.06. The molecule has 0 aliphatic carbocycles. The molecule has 0 saturated heterocycles. The number of rotatable bonds is 10. The first-order chi connectivity index (χ1) is 7.70. The molecule has 0 aliphatic heterocycles. The number of ether oxygens (including phenoxy) is 1. The Morgan fingerprint density at radius 2 is 1.88 bits per heavy atom. The third-order valence-corrected chi connectivity index (χ3v) is 2.80. The van der Waals surface area contributed by atoms with Crippen LogP contribution < -0.4 is 0 Å². The van der Waals surface area contributed by atoms with Crippen molar-refractivity contribution in [1.82, 2.24) is 0 Å². The molecule has 0 aliphatic rings. The number of hydrogen-bond acceptors (Lipinski definition) is 4. The van der Waals surface area contributed by atoms with Gasteiger partial charge >= 0.3 is 5.97 Å². The first-order valence-corrected chi connectivity index (χ1v) is 6.78. The second kappa shape index (κ2) is 11.3. The van der Waals surface area contributed by atoms with Gasteiger partial charge in [-0.25, -0.2) is 0 Å². The Morgan fingerprint density at radius 3 is 2.50 bits per heavy atom. The van der Waals surface area contributed by atoms with Crippen molar-refractivity contribution in [2.24, 2.45) is 0 Å². The van der Waals surface area contributed by atoms with Crippen molar-refractivity contribution < 1.29 is 14.6 Å². The van der Waals surface area contributed by atoms with Gasteiger partial charge in [-0.1, -0.05) is 39.0 Å². The molecule has 0 rings (SSSR count). The Balaban J connectivity index is 3.24. The fourth-order valence-corrected chi connectivity index (χ4v) is 1.47. The van der Waals surface area contributed by atoms with Gasteiger partial charge in [-0.3, -0.25) is 4.79 Å². The summed E-state index contributed by atoms with van der Waals surface area (Å²) in [4.78, 5) is 11.2. The van der Waals surface area contributed by atoms with E-state index in [-0.39, 0.29) is 12.6 Å². The molecule has 0 saturated carbocycles. The van der Waals surface area contributed by atoms with Gasteiger partial charge in [0.2, 0.25) is 0 Å². The van der Waals surface area contributed by atoms with Crippen LogP contribution in [0.5, 0.6) is 0 Å². The first-order valence-electron chi connectivity index (χ1n) is 6.15. The summed E-state index contributed by atoms with van der Waals surface area (Å²) in [6.07, 6.45) is 6.76. The molecule has 0 amide bonds. The van der Waals surface area contributed by atoms with Gasteiger partial charge < -0.3 is 9.84 Å². The Morgan fingerprint density at radius 1 is 1.25 bits per heavy atom. The van der Waals surface area contributed by atoms with Gasteiger partial charge in [0.05, 0.1) is 6.10 Å². The normalized spacial score (nSPS) is 12.4.